The van der Waals surface area contributed by atoms with Crippen molar-refractivity contribution in [3.05, 3.63) is 42.1 Å². The molecule has 2 atom stereocenters. The maximum absolute atomic E-state index is 12.2. The van der Waals surface area contributed by atoms with Crippen molar-refractivity contribution in [1.29, 1.82) is 0 Å². The van der Waals surface area contributed by atoms with Crippen LogP contribution < -0.4 is 0 Å². The molecule has 0 amide bonds. The monoisotopic (exact) mass is 299 g/mol. The van der Waals surface area contributed by atoms with Gasteiger partial charge in [0.2, 0.25) is 0 Å². The van der Waals surface area contributed by atoms with E-state index < -0.39 is 0 Å². The number of carbonyl (C=O) groups excluding carboxylic acids is 1. The number of methoxy groups -OCH3 is 1. The highest BCUT2D eigenvalue weighted by Crippen LogP contribution is 2.24. The molecule has 1 aliphatic carbocycles. The fraction of sp³-hybridized carbons (Fsp3) is 0.444. The molecule has 116 valence electrons. The average molecular weight is 299 g/mol. The number of ether oxygens (including phenoxy) is 2. The van der Waals surface area contributed by atoms with Crippen molar-refractivity contribution in [2.45, 2.75) is 44.3 Å². The second-order valence-electron chi connectivity index (χ2n) is 5.80. The number of pyridine rings is 1. The summed E-state index contributed by atoms with van der Waals surface area (Å²) < 4.78 is 11.0. The smallest absolute Gasteiger partial charge is 0.310 e. The number of hydrogen-bond acceptors (Lipinski definition) is 4. The van der Waals surface area contributed by atoms with Gasteiger partial charge in [-0.1, -0.05) is 24.6 Å². The average Bonchev–Trinajstić information content (AvgIpc) is 2.55. The normalized spacial score (nSPS) is 21.7. The van der Waals surface area contributed by atoms with E-state index in [4.69, 9.17) is 9.47 Å². The molecule has 0 saturated heterocycles. The second kappa shape index (κ2) is 6.88. The van der Waals surface area contributed by atoms with Crippen molar-refractivity contribution in [3.63, 3.8) is 0 Å². The maximum atomic E-state index is 12.2. The number of nitrogens with zero attached hydrogens (tertiary/aromatic N) is 1. The Balaban J connectivity index is 1.65. The summed E-state index contributed by atoms with van der Waals surface area (Å²) in [5, 5.41) is 1.04. The number of carbonyl (C=O) groups is 1. The third-order valence-corrected chi connectivity index (χ3v) is 4.22. The Morgan fingerprint density at radius 1 is 1.23 bits per heavy atom. The van der Waals surface area contributed by atoms with E-state index in [1.165, 1.54) is 0 Å². The molecule has 1 heterocycles. The van der Waals surface area contributed by atoms with Crippen molar-refractivity contribution in [2.75, 3.05) is 7.11 Å². The summed E-state index contributed by atoms with van der Waals surface area (Å²) in [5.41, 5.74) is 1.82. The summed E-state index contributed by atoms with van der Waals surface area (Å²) in [5.74, 6) is -0.203. The summed E-state index contributed by atoms with van der Waals surface area (Å²) in [6, 6.07) is 9.88. The molecule has 1 aromatic heterocycles. The fourth-order valence-electron chi connectivity index (χ4n) is 3.06. The van der Waals surface area contributed by atoms with Gasteiger partial charge in [-0.3, -0.25) is 9.78 Å². The van der Waals surface area contributed by atoms with Crippen molar-refractivity contribution in [3.8, 4) is 0 Å². The maximum Gasteiger partial charge on any atom is 0.310 e. The summed E-state index contributed by atoms with van der Waals surface area (Å²) in [6.07, 6.45) is 6.01. The zero-order valence-electron chi connectivity index (χ0n) is 12.8. The van der Waals surface area contributed by atoms with E-state index in [0.29, 0.717) is 0 Å². The van der Waals surface area contributed by atoms with E-state index >= 15 is 0 Å². The number of aromatic nitrogens is 1. The quantitative estimate of drug-likeness (QED) is 0.813. The molecule has 1 fully saturated rings. The standard InChI is InChI=1S/C18H21NO3/c1-21-16-8-4-5-9-17(16)22-18(20)11-13-10-14-6-2-3-7-15(14)19-12-13/h2-3,6-7,10,12,16-17H,4-5,8-9,11H2,1H3/t16-,17+/m1/s1. The molecular weight excluding hydrogens is 278 g/mol. The largest absolute Gasteiger partial charge is 0.459 e. The van der Waals surface area contributed by atoms with Gasteiger partial charge in [-0.25, -0.2) is 0 Å². The molecule has 2 aromatic rings. The van der Waals surface area contributed by atoms with Crippen molar-refractivity contribution >= 4 is 16.9 Å². The Morgan fingerprint density at radius 2 is 2.00 bits per heavy atom. The first kappa shape index (κ1) is 15.0. The molecule has 4 nitrogen and oxygen atoms in total. The lowest BCUT2D eigenvalue weighted by Gasteiger charge is -2.29. The van der Waals surface area contributed by atoms with Gasteiger partial charge in [0.15, 0.2) is 0 Å². The zero-order chi connectivity index (χ0) is 15.4. The number of benzene rings is 1. The Hall–Kier alpha value is -1.94. The van der Waals surface area contributed by atoms with Gasteiger partial charge in [0.1, 0.15) is 6.10 Å². The van der Waals surface area contributed by atoms with Gasteiger partial charge in [-0.05, 0) is 37.0 Å². The van der Waals surface area contributed by atoms with Crippen LogP contribution in [0.1, 0.15) is 31.2 Å². The number of hydrogen-bond donors (Lipinski definition) is 0. The van der Waals surface area contributed by atoms with Crippen LogP contribution in [-0.2, 0) is 20.7 Å². The number of rotatable bonds is 4. The van der Waals surface area contributed by atoms with E-state index in [-0.39, 0.29) is 24.6 Å². The van der Waals surface area contributed by atoms with Crippen LogP contribution in [0.3, 0.4) is 0 Å². The van der Waals surface area contributed by atoms with Gasteiger partial charge >= 0.3 is 5.97 Å². The number of para-hydroxylation sites is 1. The molecule has 22 heavy (non-hydrogen) atoms. The number of esters is 1. The van der Waals surface area contributed by atoms with E-state index in [0.717, 1.165) is 42.1 Å². The minimum Gasteiger partial charge on any atom is -0.459 e. The minimum absolute atomic E-state index is 0.0347. The molecule has 0 radical (unpaired) electrons. The fourth-order valence-corrected chi connectivity index (χ4v) is 3.06. The first-order chi connectivity index (χ1) is 10.8. The van der Waals surface area contributed by atoms with Crippen molar-refractivity contribution in [1.82, 2.24) is 4.98 Å². The Labute approximate surface area is 130 Å². The van der Waals surface area contributed by atoms with Crippen LogP contribution in [0.15, 0.2) is 36.5 Å². The predicted molar refractivity (Wildman–Crippen MR) is 84.6 cm³/mol. The molecular formula is C18H21NO3. The molecule has 0 bridgehead atoms. The van der Waals surface area contributed by atoms with E-state index in [1.807, 2.05) is 30.3 Å². The van der Waals surface area contributed by atoms with Gasteiger partial charge in [0.25, 0.3) is 0 Å². The van der Waals surface area contributed by atoms with E-state index in [1.54, 1.807) is 13.3 Å². The molecule has 3 rings (SSSR count). The molecule has 4 heteroatoms. The molecule has 0 aliphatic heterocycles. The van der Waals surface area contributed by atoms with Crippen LogP contribution in [0.4, 0.5) is 0 Å². The molecule has 0 spiro atoms. The van der Waals surface area contributed by atoms with Crippen molar-refractivity contribution in [2.24, 2.45) is 0 Å². The van der Waals surface area contributed by atoms with Crippen LogP contribution in [0.2, 0.25) is 0 Å². The minimum atomic E-state index is -0.203. The third kappa shape index (κ3) is 3.45. The van der Waals surface area contributed by atoms with Gasteiger partial charge in [-0.2, -0.15) is 0 Å². The van der Waals surface area contributed by atoms with E-state index in [2.05, 4.69) is 4.98 Å². The van der Waals surface area contributed by atoms with Gasteiger partial charge in [-0.15, -0.1) is 0 Å². The van der Waals surface area contributed by atoms with Crippen molar-refractivity contribution < 1.29 is 14.3 Å². The van der Waals surface area contributed by atoms with Crippen LogP contribution >= 0.6 is 0 Å². The highest BCUT2D eigenvalue weighted by molar-refractivity contribution is 5.80. The lowest BCUT2D eigenvalue weighted by molar-refractivity contribution is -0.158. The molecule has 1 aliphatic rings. The van der Waals surface area contributed by atoms with Crippen LogP contribution in [-0.4, -0.2) is 30.3 Å². The highest BCUT2D eigenvalue weighted by Gasteiger charge is 2.28. The lowest BCUT2D eigenvalue weighted by atomic mass is 9.94. The van der Waals surface area contributed by atoms with Crippen LogP contribution in [0, 0.1) is 0 Å². The van der Waals surface area contributed by atoms with E-state index in [9.17, 15) is 4.79 Å². The van der Waals surface area contributed by atoms with Crippen LogP contribution in [0.5, 0.6) is 0 Å². The SMILES string of the molecule is CO[C@@H]1CCCC[C@@H]1OC(=O)Cc1cnc2ccccc2c1. The Kier molecular flexibility index (Phi) is 4.68. The predicted octanol–water partition coefficient (Wildman–Crippen LogP) is 3.28. The summed E-state index contributed by atoms with van der Waals surface area (Å²) in [4.78, 5) is 16.6. The summed E-state index contributed by atoms with van der Waals surface area (Å²) in [6.45, 7) is 0. The Morgan fingerprint density at radius 3 is 2.82 bits per heavy atom. The summed E-state index contributed by atoms with van der Waals surface area (Å²) >= 11 is 0. The number of fused-ring (bicyclic) bond motifs is 1. The first-order valence-corrected chi connectivity index (χ1v) is 7.82. The van der Waals surface area contributed by atoms with Crippen LogP contribution in [0.25, 0.3) is 10.9 Å². The van der Waals surface area contributed by atoms with Gasteiger partial charge < -0.3 is 9.47 Å². The zero-order valence-corrected chi connectivity index (χ0v) is 12.8. The lowest BCUT2D eigenvalue weighted by Crippen LogP contribution is -2.36. The second-order valence-corrected chi connectivity index (χ2v) is 5.80. The highest BCUT2D eigenvalue weighted by atomic mass is 16.6. The molecule has 0 N–H and O–H groups in total. The van der Waals surface area contributed by atoms with Gasteiger partial charge in [0.05, 0.1) is 18.0 Å². The van der Waals surface area contributed by atoms with Gasteiger partial charge in [0, 0.05) is 18.7 Å². The topological polar surface area (TPSA) is 48.4 Å². The molecule has 1 aromatic carbocycles. The first-order valence-electron chi connectivity index (χ1n) is 7.82. The Bertz CT molecular complexity index is 656. The molecule has 1 saturated carbocycles. The molecule has 0 unspecified atom stereocenters. The summed E-state index contributed by atoms with van der Waals surface area (Å²) in [7, 11) is 1.68. The third-order valence-electron chi connectivity index (χ3n) is 4.22.